The van der Waals surface area contributed by atoms with Crippen molar-refractivity contribution in [2.75, 3.05) is 11.1 Å². The number of carbonyl (C=O) groups is 1. The van der Waals surface area contributed by atoms with E-state index in [9.17, 15) is 10.1 Å². The molecule has 1 amide bonds. The van der Waals surface area contributed by atoms with Crippen molar-refractivity contribution in [2.45, 2.75) is 50.2 Å². The van der Waals surface area contributed by atoms with E-state index in [2.05, 4.69) is 39.1 Å². The molecular formula is C21H21N5OS3. The maximum atomic E-state index is 12.7. The summed E-state index contributed by atoms with van der Waals surface area (Å²) in [6, 6.07) is 6.81. The Balaban J connectivity index is 1.30. The quantitative estimate of drug-likeness (QED) is 0.521. The average molecular weight is 456 g/mol. The van der Waals surface area contributed by atoms with Gasteiger partial charge in [-0.3, -0.25) is 9.36 Å². The zero-order valence-corrected chi connectivity index (χ0v) is 19.0. The van der Waals surface area contributed by atoms with Crippen molar-refractivity contribution >= 4 is 45.3 Å². The third-order valence-electron chi connectivity index (χ3n) is 5.53. The van der Waals surface area contributed by atoms with Crippen LogP contribution in [0.4, 0.5) is 5.00 Å². The molecule has 1 saturated carbocycles. The Morgan fingerprint density at radius 1 is 1.40 bits per heavy atom. The van der Waals surface area contributed by atoms with Crippen LogP contribution in [0.5, 0.6) is 0 Å². The van der Waals surface area contributed by atoms with Crippen LogP contribution in [0.3, 0.4) is 0 Å². The molecule has 0 aromatic carbocycles. The number of nitriles is 1. The fourth-order valence-corrected chi connectivity index (χ4v) is 6.75. The number of hydrogen-bond donors (Lipinski definition) is 1. The normalized spacial score (nSPS) is 18.1. The van der Waals surface area contributed by atoms with Gasteiger partial charge in [0.25, 0.3) is 0 Å². The lowest BCUT2D eigenvalue weighted by atomic mass is 9.89. The number of carbonyl (C=O) groups excluding carboxylic acids is 1. The monoisotopic (exact) mass is 455 g/mol. The van der Waals surface area contributed by atoms with E-state index in [1.807, 2.05) is 11.4 Å². The predicted molar refractivity (Wildman–Crippen MR) is 121 cm³/mol. The molecule has 0 saturated heterocycles. The number of nitrogens with one attached hydrogen (secondary N) is 1. The molecule has 3 heterocycles. The summed E-state index contributed by atoms with van der Waals surface area (Å²) < 4.78 is 2.18. The van der Waals surface area contributed by atoms with Gasteiger partial charge in [0.15, 0.2) is 11.0 Å². The number of rotatable bonds is 6. The van der Waals surface area contributed by atoms with Gasteiger partial charge in [-0.15, -0.1) is 32.9 Å². The van der Waals surface area contributed by atoms with E-state index in [4.69, 9.17) is 0 Å². The highest BCUT2D eigenvalue weighted by Crippen LogP contribution is 2.42. The highest BCUT2D eigenvalue weighted by Gasteiger charge is 2.31. The van der Waals surface area contributed by atoms with Crippen LogP contribution in [-0.2, 0) is 17.6 Å². The molecule has 3 aromatic rings. The van der Waals surface area contributed by atoms with Gasteiger partial charge < -0.3 is 5.32 Å². The molecule has 0 radical (unpaired) electrons. The maximum Gasteiger partial charge on any atom is 0.235 e. The molecule has 0 unspecified atom stereocenters. The topological polar surface area (TPSA) is 83.6 Å². The largest absolute Gasteiger partial charge is 0.316 e. The molecule has 5 rings (SSSR count). The highest BCUT2D eigenvalue weighted by atomic mass is 32.2. The Bertz CT molecular complexity index is 1120. The first-order valence-electron chi connectivity index (χ1n) is 10.1. The number of aromatic nitrogens is 3. The highest BCUT2D eigenvalue weighted by molar-refractivity contribution is 7.99. The second-order valence-electron chi connectivity index (χ2n) is 7.89. The molecule has 9 heteroatoms. The zero-order valence-electron chi connectivity index (χ0n) is 16.6. The summed E-state index contributed by atoms with van der Waals surface area (Å²) in [6.45, 7) is 2.24. The summed E-state index contributed by atoms with van der Waals surface area (Å²) in [4.78, 5) is 15.0. The minimum Gasteiger partial charge on any atom is -0.316 e. The molecule has 1 fully saturated rings. The van der Waals surface area contributed by atoms with E-state index < -0.39 is 0 Å². The molecule has 1 atom stereocenters. The van der Waals surface area contributed by atoms with Gasteiger partial charge in [0.1, 0.15) is 11.1 Å². The van der Waals surface area contributed by atoms with Crippen molar-refractivity contribution in [3.8, 4) is 16.8 Å². The second kappa shape index (κ2) is 8.17. The first-order valence-corrected chi connectivity index (χ1v) is 12.8. The summed E-state index contributed by atoms with van der Waals surface area (Å²) in [5.74, 6) is 1.67. The average Bonchev–Trinajstić information content (AvgIpc) is 3.15. The van der Waals surface area contributed by atoms with Gasteiger partial charge in [-0.25, -0.2) is 0 Å². The molecule has 154 valence electrons. The lowest BCUT2D eigenvalue weighted by molar-refractivity contribution is -0.113. The third kappa shape index (κ3) is 3.80. The van der Waals surface area contributed by atoms with Crippen molar-refractivity contribution in [1.82, 2.24) is 14.8 Å². The predicted octanol–water partition coefficient (Wildman–Crippen LogP) is 5.13. The standard InChI is InChI=1S/C21H21N5OS3/c1-12-4-7-14-15(10-22)20(30-17(14)9-12)23-18(27)11-29-21-25-24-19(16-3-2-8-28-16)26(21)13-5-6-13/h2-3,8,12-13H,4-7,9,11H2,1H3,(H,23,27)/t12-/m1/s1. The summed E-state index contributed by atoms with van der Waals surface area (Å²) >= 11 is 4.63. The van der Waals surface area contributed by atoms with Crippen LogP contribution in [0.2, 0.25) is 0 Å². The number of thiophene rings is 2. The van der Waals surface area contributed by atoms with E-state index >= 15 is 0 Å². The lowest BCUT2D eigenvalue weighted by Gasteiger charge is -2.17. The van der Waals surface area contributed by atoms with Crippen molar-refractivity contribution in [3.05, 3.63) is 33.5 Å². The van der Waals surface area contributed by atoms with Gasteiger partial charge >= 0.3 is 0 Å². The van der Waals surface area contributed by atoms with Gasteiger partial charge in [0, 0.05) is 10.9 Å². The SMILES string of the molecule is C[C@@H]1CCc2c(sc(NC(=O)CSc3nnc(-c4cccs4)n3C3CC3)c2C#N)C1. The van der Waals surface area contributed by atoms with Crippen molar-refractivity contribution in [3.63, 3.8) is 0 Å². The van der Waals surface area contributed by atoms with Crippen LogP contribution in [0.15, 0.2) is 22.7 Å². The molecule has 2 aliphatic carbocycles. The Labute approximate surface area is 187 Å². The molecule has 30 heavy (non-hydrogen) atoms. The van der Waals surface area contributed by atoms with E-state index in [0.29, 0.717) is 22.5 Å². The molecule has 2 aliphatic rings. The van der Waals surface area contributed by atoms with Crippen LogP contribution < -0.4 is 5.32 Å². The van der Waals surface area contributed by atoms with Crippen LogP contribution in [0, 0.1) is 17.2 Å². The minimum atomic E-state index is -0.105. The van der Waals surface area contributed by atoms with Crippen LogP contribution in [0.25, 0.3) is 10.7 Å². The number of fused-ring (bicyclic) bond motifs is 1. The fraction of sp³-hybridized carbons (Fsp3) is 0.429. The summed E-state index contributed by atoms with van der Waals surface area (Å²) in [5, 5.41) is 24.9. The van der Waals surface area contributed by atoms with E-state index in [-0.39, 0.29) is 11.7 Å². The molecule has 3 aromatic heterocycles. The van der Waals surface area contributed by atoms with Crippen molar-refractivity contribution in [1.29, 1.82) is 5.26 Å². The first-order chi connectivity index (χ1) is 14.6. The Hall–Kier alpha value is -2.15. The van der Waals surface area contributed by atoms with Crippen LogP contribution in [0.1, 0.15) is 48.2 Å². The van der Waals surface area contributed by atoms with Gasteiger partial charge in [-0.2, -0.15) is 5.26 Å². The summed E-state index contributed by atoms with van der Waals surface area (Å²) in [5.41, 5.74) is 1.79. The third-order valence-corrected chi connectivity index (χ3v) is 8.51. The first kappa shape index (κ1) is 19.8. The second-order valence-corrected chi connectivity index (χ2v) is 10.9. The Kier molecular flexibility index (Phi) is 5.39. The van der Waals surface area contributed by atoms with Gasteiger partial charge in [0.05, 0.1) is 16.2 Å². The van der Waals surface area contributed by atoms with Gasteiger partial charge in [-0.1, -0.05) is 24.8 Å². The summed E-state index contributed by atoms with van der Waals surface area (Å²) in [6.07, 6.45) is 5.28. The van der Waals surface area contributed by atoms with E-state index in [1.54, 1.807) is 22.7 Å². The van der Waals surface area contributed by atoms with E-state index in [1.165, 1.54) is 16.6 Å². The minimum absolute atomic E-state index is 0.105. The Morgan fingerprint density at radius 3 is 3.00 bits per heavy atom. The fourth-order valence-electron chi connectivity index (χ4n) is 3.86. The summed E-state index contributed by atoms with van der Waals surface area (Å²) in [7, 11) is 0. The van der Waals surface area contributed by atoms with E-state index in [0.717, 1.165) is 53.5 Å². The molecule has 0 bridgehead atoms. The molecule has 0 spiro atoms. The molecule has 6 nitrogen and oxygen atoms in total. The number of anilines is 1. The molecular weight excluding hydrogens is 434 g/mol. The smallest absolute Gasteiger partial charge is 0.235 e. The van der Waals surface area contributed by atoms with Gasteiger partial charge in [0.2, 0.25) is 5.91 Å². The number of nitrogens with zero attached hydrogens (tertiary/aromatic N) is 4. The van der Waals surface area contributed by atoms with Crippen LogP contribution >= 0.6 is 34.4 Å². The van der Waals surface area contributed by atoms with Crippen molar-refractivity contribution in [2.24, 2.45) is 5.92 Å². The van der Waals surface area contributed by atoms with Crippen molar-refractivity contribution < 1.29 is 4.79 Å². The Morgan fingerprint density at radius 2 is 2.27 bits per heavy atom. The van der Waals surface area contributed by atoms with Crippen LogP contribution in [-0.4, -0.2) is 26.4 Å². The van der Waals surface area contributed by atoms with Gasteiger partial charge in [-0.05, 0) is 55.0 Å². The molecule has 0 aliphatic heterocycles. The zero-order chi connectivity index (χ0) is 20.7. The molecule has 1 N–H and O–H groups in total. The lowest BCUT2D eigenvalue weighted by Crippen LogP contribution is -2.14. The number of amides is 1. The number of thioether (sulfide) groups is 1. The maximum absolute atomic E-state index is 12.7. The number of hydrogen-bond acceptors (Lipinski definition) is 7.